The minimum atomic E-state index is 0.266. The summed E-state index contributed by atoms with van der Waals surface area (Å²) in [6.45, 7) is 2.75. The van der Waals surface area contributed by atoms with E-state index in [0.717, 1.165) is 23.5 Å². The molecule has 0 amide bonds. The third-order valence-corrected chi connectivity index (χ3v) is 4.09. The van der Waals surface area contributed by atoms with Crippen molar-refractivity contribution in [2.75, 3.05) is 0 Å². The summed E-state index contributed by atoms with van der Waals surface area (Å²) in [5.74, 6) is 0. The Labute approximate surface area is 119 Å². The van der Waals surface area contributed by atoms with Crippen LogP contribution in [0.5, 0.6) is 0 Å². The van der Waals surface area contributed by atoms with Gasteiger partial charge in [0.15, 0.2) is 0 Å². The van der Waals surface area contributed by atoms with Gasteiger partial charge in [0, 0.05) is 12.4 Å². The molecule has 0 aliphatic rings. The van der Waals surface area contributed by atoms with Gasteiger partial charge in [0.2, 0.25) is 0 Å². The largest absolute Gasteiger partial charge is 0.307 e. The van der Waals surface area contributed by atoms with Crippen molar-refractivity contribution in [2.45, 2.75) is 24.7 Å². The van der Waals surface area contributed by atoms with Crippen LogP contribution in [0, 0.1) is 0 Å². The van der Waals surface area contributed by atoms with Gasteiger partial charge < -0.3 is 4.40 Å². The van der Waals surface area contributed by atoms with Crippen LogP contribution in [-0.4, -0.2) is 24.4 Å². The molecule has 98 valence electrons. The summed E-state index contributed by atoms with van der Waals surface area (Å²) in [5.41, 5.74) is 2.89. The fraction of sp³-hybridized carbons (Fsp3) is 0.308. The molecule has 0 fully saturated rings. The molecule has 3 aromatic heterocycles. The van der Waals surface area contributed by atoms with Crippen LogP contribution in [0.3, 0.4) is 0 Å². The van der Waals surface area contributed by atoms with Gasteiger partial charge in [0.05, 0.1) is 29.0 Å². The molecule has 0 N–H and O–H groups in total. The van der Waals surface area contributed by atoms with E-state index in [1.807, 2.05) is 45.9 Å². The number of hydrogen-bond acceptors (Lipinski definition) is 3. The summed E-state index contributed by atoms with van der Waals surface area (Å²) in [5, 5.41) is 8.31. The molecule has 0 aliphatic heterocycles. The van der Waals surface area contributed by atoms with Crippen LogP contribution in [0.4, 0.5) is 0 Å². The highest BCUT2D eigenvalue weighted by Gasteiger charge is 2.10. The van der Waals surface area contributed by atoms with E-state index in [2.05, 4.69) is 38.1 Å². The maximum atomic E-state index is 4.54. The van der Waals surface area contributed by atoms with Crippen LogP contribution in [0.15, 0.2) is 36.8 Å². The SMILES string of the molecule is CCC(Br)c1cn(Cc2cn3ccccc3n2)nn1. The second-order valence-corrected chi connectivity index (χ2v) is 5.52. The smallest absolute Gasteiger partial charge is 0.137 e. The molecule has 1 unspecified atom stereocenters. The van der Waals surface area contributed by atoms with Gasteiger partial charge in [-0.05, 0) is 18.6 Å². The van der Waals surface area contributed by atoms with Crippen molar-refractivity contribution in [1.82, 2.24) is 24.4 Å². The Balaban J connectivity index is 1.82. The second-order valence-electron chi connectivity index (χ2n) is 4.42. The third kappa shape index (κ3) is 2.53. The average molecular weight is 320 g/mol. The zero-order valence-corrected chi connectivity index (χ0v) is 12.2. The lowest BCUT2D eigenvalue weighted by atomic mass is 10.3. The number of halogens is 1. The number of pyridine rings is 1. The van der Waals surface area contributed by atoms with Crippen LogP contribution in [0.2, 0.25) is 0 Å². The molecule has 0 aliphatic carbocycles. The summed E-state index contributed by atoms with van der Waals surface area (Å²) in [4.78, 5) is 4.81. The Morgan fingerprint density at radius 1 is 1.32 bits per heavy atom. The minimum absolute atomic E-state index is 0.266. The molecule has 1 atom stereocenters. The fourth-order valence-corrected chi connectivity index (χ4v) is 2.18. The predicted octanol–water partition coefficient (Wildman–Crippen LogP) is 2.82. The first kappa shape index (κ1) is 12.3. The first-order valence-corrected chi connectivity index (χ1v) is 7.14. The molecule has 0 radical (unpaired) electrons. The fourth-order valence-electron chi connectivity index (χ4n) is 1.97. The van der Waals surface area contributed by atoms with Gasteiger partial charge in [0.1, 0.15) is 5.65 Å². The van der Waals surface area contributed by atoms with Crippen LogP contribution in [-0.2, 0) is 6.54 Å². The summed E-state index contributed by atoms with van der Waals surface area (Å²) < 4.78 is 3.83. The number of fused-ring (bicyclic) bond motifs is 1. The van der Waals surface area contributed by atoms with E-state index >= 15 is 0 Å². The first-order chi connectivity index (χ1) is 9.26. The molecule has 5 nitrogen and oxygen atoms in total. The quantitative estimate of drug-likeness (QED) is 0.695. The van der Waals surface area contributed by atoms with Gasteiger partial charge in [-0.25, -0.2) is 9.67 Å². The zero-order valence-electron chi connectivity index (χ0n) is 10.6. The molecule has 0 bridgehead atoms. The van der Waals surface area contributed by atoms with E-state index in [1.165, 1.54) is 0 Å². The molecule has 6 heteroatoms. The van der Waals surface area contributed by atoms with Crippen LogP contribution >= 0.6 is 15.9 Å². The molecule has 0 spiro atoms. The molecule has 0 saturated heterocycles. The van der Waals surface area contributed by atoms with Gasteiger partial charge in [0.25, 0.3) is 0 Å². The van der Waals surface area contributed by atoms with Crippen molar-refractivity contribution < 1.29 is 0 Å². The zero-order chi connectivity index (χ0) is 13.2. The summed E-state index contributed by atoms with van der Waals surface area (Å²) in [7, 11) is 0. The van der Waals surface area contributed by atoms with Gasteiger partial charge in [-0.15, -0.1) is 5.10 Å². The molecule has 3 aromatic rings. The van der Waals surface area contributed by atoms with Crippen molar-refractivity contribution in [1.29, 1.82) is 0 Å². The Bertz CT molecular complexity index is 654. The number of nitrogens with zero attached hydrogens (tertiary/aromatic N) is 5. The maximum Gasteiger partial charge on any atom is 0.137 e. The number of rotatable bonds is 4. The monoisotopic (exact) mass is 319 g/mol. The van der Waals surface area contributed by atoms with E-state index in [-0.39, 0.29) is 4.83 Å². The molecule has 3 rings (SSSR count). The van der Waals surface area contributed by atoms with Crippen LogP contribution in [0.1, 0.15) is 29.6 Å². The summed E-state index contributed by atoms with van der Waals surface area (Å²) in [6, 6.07) is 5.96. The van der Waals surface area contributed by atoms with Crippen molar-refractivity contribution >= 4 is 21.6 Å². The van der Waals surface area contributed by atoms with E-state index in [4.69, 9.17) is 0 Å². The molecular weight excluding hydrogens is 306 g/mol. The second kappa shape index (κ2) is 5.13. The maximum absolute atomic E-state index is 4.54. The van der Waals surface area contributed by atoms with Crippen molar-refractivity contribution in [3.05, 3.63) is 48.2 Å². The molecule has 3 heterocycles. The predicted molar refractivity (Wildman–Crippen MR) is 76.3 cm³/mol. The standard InChI is InChI=1S/C13H14BrN5/c1-2-11(14)12-9-19(17-16-12)8-10-7-18-6-4-3-5-13(18)15-10/h3-7,9,11H,2,8H2,1H3. The van der Waals surface area contributed by atoms with E-state index in [1.54, 1.807) is 0 Å². The van der Waals surface area contributed by atoms with Gasteiger partial charge in [-0.3, -0.25) is 0 Å². The Kier molecular flexibility index (Phi) is 3.33. The first-order valence-electron chi connectivity index (χ1n) is 6.23. The van der Waals surface area contributed by atoms with Crippen LogP contribution in [0.25, 0.3) is 5.65 Å². The molecule has 0 aromatic carbocycles. The number of aromatic nitrogens is 5. The minimum Gasteiger partial charge on any atom is -0.307 e. The van der Waals surface area contributed by atoms with Gasteiger partial charge in [-0.2, -0.15) is 0 Å². The van der Waals surface area contributed by atoms with Crippen molar-refractivity contribution in [3.8, 4) is 0 Å². The Morgan fingerprint density at radius 3 is 3.00 bits per heavy atom. The van der Waals surface area contributed by atoms with E-state index < -0.39 is 0 Å². The topological polar surface area (TPSA) is 48.0 Å². The molecule has 19 heavy (non-hydrogen) atoms. The lowest BCUT2D eigenvalue weighted by molar-refractivity contribution is 0.640. The Hall–Kier alpha value is -1.69. The van der Waals surface area contributed by atoms with E-state index in [9.17, 15) is 0 Å². The van der Waals surface area contributed by atoms with Crippen LogP contribution < -0.4 is 0 Å². The summed E-state index contributed by atoms with van der Waals surface area (Å²) in [6.07, 6.45) is 6.96. The highest BCUT2D eigenvalue weighted by Crippen LogP contribution is 2.23. The van der Waals surface area contributed by atoms with E-state index in [0.29, 0.717) is 6.54 Å². The molecular formula is C13H14BrN5. The third-order valence-electron chi connectivity index (χ3n) is 2.97. The van der Waals surface area contributed by atoms with Crippen molar-refractivity contribution in [2.24, 2.45) is 0 Å². The number of alkyl halides is 1. The summed E-state index contributed by atoms with van der Waals surface area (Å²) >= 11 is 3.58. The lowest BCUT2D eigenvalue weighted by Crippen LogP contribution is -2.00. The lowest BCUT2D eigenvalue weighted by Gasteiger charge is -1.99. The number of hydrogen-bond donors (Lipinski definition) is 0. The van der Waals surface area contributed by atoms with Gasteiger partial charge >= 0.3 is 0 Å². The molecule has 0 saturated carbocycles. The number of imidazole rings is 1. The highest BCUT2D eigenvalue weighted by atomic mass is 79.9. The Morgan fingerprint density at radius 2 is 2.21 bits per heavy atom. The normalized spacial score (nSPS) is 12.9. The van der Waals surface area contributed by atoms with Gasteiger partial charge in [-0.1, -0.05) is 34.1 Å². The average Bonchev–Trinajstić information content (AvgIpc) is 3.04. The highest BCUT2D eigenvalue weighted by molar-refractivity contribution is 9.09. The van der Waals surface area contributed by atoms with Crippen molar-refractivity contribution in [3.63, 3.8) is 0 Å².